The van der Waals surface area contributed by atoms with Gasteiger partial charge in [-0.15, -0.1) is 0 Å². The number of carbonyl (C=O) groups excluding carboxylic acids is 1. The molecule has 0 aliphatic heterocycles. The number of nitrogens with one attached hydrogen (secondary N) is 1. The molecule has 0 spiro atoms. The van der Waals surface area contributed by atoms with Gasteiger partial charge < -0.3 is 15.2 Å². The van der Waals surface area contributed by atoms with E-state index in [4.69, 9.17) is 9.84 Å². The summed E-state index contributed by atoms with van der Waals surface area (Å²) in [5, 5.41) is 12.0. The Labute approximate surface area is 132 Å². The fraction of sp³-hybridized carbons (Fsp3) is 0.500. The van der Waals surface area contributed by atoms with E-state index in [9.17, 15) is 4.79 Å². The number of carbonyl (C=O) groups is 1. The molecule has 2 atom stereocenters. The van der Waals surface area contributed by atoms with E-state index < -0.39 is 0 Å². The van der Waals surface area contributed by atoms with Crippen molar-refractivity contribution in [1.29, 1.82) is 0 Å². The molecule has 1 aliphatic rings. The Kier molecular flexibility index (Phi) is 6.01. The second-order valence-electron chi connectivity index (χ2n) is 5.96. The van der Waals surface area contributed by atoms with Gasteiger partial charge in [-0.2, -0.15) is 0 Å². The summed E-state index contributed by atoms with van der Waals surface area (Å²) in [7, 11) is 0. The largest absolute Gasteiger partial charge is 0.493 e. The Morgan fingerprint density at radius 3 is 2.86 bits per heavy atom. The predicted molar refractivity (Wildman–Crippen MR) is 86.9 cm³/mol. The molecule has 1 aromatic carbocycles. The number of benzene rings is 1. The lowest BCUT2D eigenvalue weighted by Gasteiger charge is -2.13. The van der Waals surface area contributed by atoms with Gasteiger partial charge in [0.1, 0.15) is 5.75 Å². The second kappa shape index (κ2) is 7.99. The van der Waals surface area contributed by atoms with Crippen LogP contribution in [-0.4, -0.2) is 30.3 Å². The maximum Gasteiger partial charge on any atom is 0.220 e. The molecule has 0 unspecified atom stereocenters. The van der Waals surface area contributed by atoms with E-state index in [0.717, 1.165) is 17.7 Å². The van der Waals surface area contributed by atoms with Crippen LogP contribution in [0, 0.1) is 19.8 Å². The number of aryl methyl sites for hydroxylation is 2. The summed E-state index contributed by atoms with van der Waals surface area (Å²) >= 11 is 0. The van der Waals surface area contributed by atoms with Crippen LogP contribution in [0.2, 0.25) is 0 Å². The van der Waals surface area contributed by atoms with Crippen LogP contribution in [0.25, 0.3) is 0 Å². The molecule has 0 heterocycles. The van der Waals surface area contributed by atoms with Crippen LogP contribution < -0.4 is 10.1 Å². The first kappa shape index (κ1) is 16.6. The molecule has 0 fully saturated rings. The molecule has 4 nitrogen and oxygen atoms in total. The molecule has 0 bridgehead atoms. The highest BCUT2D eigenvalue weighted by atomic mass is 16.5. The van der Waals surface area contributed by atoms with Gasteiger partial charge in [0.25, 0.3) is 0 Å². The molecule has 0 saturated carbocycles. The number of hydrogen-bond acceptors (Lipinski definition) is 3. The van der Waals surface area contributed by atoms with Crippen molar-refractivity contribution in [3.63, 3.8) is 0 Å². The summed E-state index contributed by atoms with van der Waals surface area (Å²) in [5.74, 6) is 1.10. The van der Waals surface area contributed by atoms with Gasteiger partial charge in [0.15, 0.2) is 0 Å². The fourth-order valence-corrected chi connectivity index (χ4v) is 2.67. The minimum Gasteiger partial charge on any atom is -0.493 e. The summed E-state index contributed by atoms with van der Waals surface area (Å²) in [4.78, 5) is 11.9. The van der Waals surface area contributed by atoms with Crippen LogP contribution in [-0.2, 0) is 4.79 Å². The van der Waals surface area contributed by atoms with Gasteiger partial charge in [-0.1, -0.05) is 29.8 Å². The van der Waals surface area contributed by atoms with Crippen LogP contribution in [0.1, 0.15) is 30.4 Å². The van der Waals surface area contributed by atoms with Crippen molar-refractivity contribution in [2.45, 2.75) is 39.2 Å². The van der Waals surface area contributed by atoms with Gasteiger partial charge in [0.2, 0.25) is 5.91 Å². The van der Waals surface area contributed by atoms with E-state index in [1.54, 1.807) is 0 Å². The Bertz CT molecular complexity index is 539. The molecule has 120 valence electrons. The van der Waals surface area contributed by atoms with Crippen molar-refractivity contribution in [2.24, 2.45) is 5.92 Å². The predicted octanol–water partition coefficient (Wildman–Crippen LogP) is 2.52. The van der Waals surface area contributed by atoms with Crippen molar-refractivity contribution < 1.29 is 14.6 Å². The molecule has 2 N–H and O–H groups in total. The first-order chi connectivity index (χ1) is 10.6. The lowest BCUT2D eigenvalue weighted by Crippen LogP contribution is -2.32. The SMILES string of the molecule is Cc1ccc(OCCCC(=O)N[C@@H]2C=C[C@H](CO)C2)c(C)c1. The molecular formula is C18H25NO3. The Hall–Kier alpha value is -1.81. The minimum absolute atomic E-state index is 0.0393. The third-order valence-electron chi connectivity index (χ3n) is 3.89. The maximum absolute atomic E-state index is 11.9. The second-order valence-corrected chi connectivity index (χ2v) is 5.96. The molecule has 0 aromatic heterocycles. The van der Waals surface area contributed by atoms with Crippen molar-refractivity contribution in [3.05, 3.63) is 41.5 Å². The lowest BCUT2D eigenvalue weighted by molar-refractivity contribution is -0.121. The quantitative estimate of drug-likeness (QED) is 0.601. The fourth-order valence-electron chi connectivity index (χ4n) is 2.67. The van der Waals surface area contributed by atoms with Gasteiger partial charge in [-0.25, -0.2) is 0 Å². The molecule has 0 saturated heterocycles. The highest BCUT2D eigenvalue weighted by molar-refractivity contribution is 5.76. The van der Waals surface area contributed by atoms with E-state index in [-0.39, 0.29) is 24.5 Å². The van der Waals surface area contributed by atoms with Crippen molar-refractivity contribution in [1.82, 2.24) is 5.32 Å². The Balaban J connectivity index is 1.64. The van der Waals surface area contributed by atoms with Crippen molar-refractivity contribution in [2.75, 3.05) is 13.2 Å². The zero-order valence-electron chi connectivity index (χ0n) is 13.3. The number of rotatable bonds is 7. The van der Waals surface area contributed by atoms with Crippen LogP contribution >= 0.6 is 0 Å². The summed E-state index contributed by atoms with van der Waals surface area (Å²) in [5.41, 5.74) is 2.34. The summed E-state index contributed by atoms with van der Waals surface area (Å²) in [6.45, 7) is 4.77. The third kappa shape index (κ3) is 4.88. The molecule has 22 heavy (non-hydrogen) atoms. The van der Waals surface area contributed by atoms with Crippen LogP contribution in [0.3, 0.4) is 0 Å². The Morgan fingerprint density at radius 2 is 2.18 bits per heavy atom. The van der Waals surface area contributed by atoms with Gasteiger partial charge >= 0.3 is 0 Å². The molecule has 1 aliphatic carbocycles. The van der Waals surface area contributed by atoms with Gasteiger partial charge in [-0.3, -0.25) is 4.79 Å². The van der Waals surface area contributed by atoms with E-state index in [1.165, 1.54) is 5.56 Å². The smallest absolute Gasteiger partial charge is 0.220 e. The normalized spacial score (nSPS) is 20.1. The zero-order chi connectivity index (χ0) is 15.9. The summed E-state index contributed by atoms with van der Waals surface area (Å²) in [6.07, 6.45) is 5.87. The van der Waals surface area contributed by atoms with Gasteiger partial charge in [0, 0.05) is 25.0 Å². The zero-order valence-corrected chi connectivity index (χ0v) is 13.3. The minimum atomic E-state index is 0.0393. The average Bonchev–Trinajstić information content (AvgIpc) is 2.93. The Morgan fingerprint density at radius 1 is 1.36 bits per heavy atom. The number of ether oxygens (including phenoxy) is 1. The molecule has 2 rings (SSSR count). The number of amides is 1. The van der Waals surface area contributed by atoms with Crippen LogP contribution in [0.4, 0.5) is 0 Å². The van der Waals surface area contributed by atoms with Crippen molar-refractivity contribution in [3.8, 4) is 5.75 Å². The van der Waals surface area contributed by atoms with E-state index in [2.05, 4.69) is 18.3 Å². The topological polar surface area (TPSA) is 58.6 Å². The highest BCUT2D eigenvalue weighted by Crippen LogP contribution is 2.19. The summed E-state index contributed by atoms with van der Waals surface area (Å²) < 4.78 is 5.72. The van der Waals surface area contributed by atoms with Crippen molar-refractivity contribution >= 4 is 5.91 Å². The molecule has 4 heteroatoms. The molecule has 1 amide bonds. The third-order valence-corrected chi connectivity index (χ3v) is 3.89. The standard InChI is InChI=1S/C18H25NO3/c1-13-5-8-17(14(2)10-13)22-9-3-4-18(21)19-16-7-6-15(11-16)12-20/h5-8,10,15-16,20H,3-4,9,11-12H2,1-2H3,(H,19,21)/t15-,16+/m0/s1. The maximum atomic E-state index is 11.9. The molecule has 1 aromatic rings. The first-order valence-corrected chi connectivity index (χ1v) is 7.87. The molecule has 0 radical (unpaired) electrons. The van der Waals surface area contributed by atoms with Gasteiger partial charge in [0.05, 0.1) is 6.61 Å². The number of aliphatic hydroxyl groups excluding tert-OH is 1. The van der Waals surface area contributed by atoms with E-state index in [1.807, 2.05) is 31.2 Å². The summed E-state index contributed by atoms with van der Waals surface area (Å²) in [6, 6.07) is 6.15. The number of aliphatic hydroxyl groups is 1. The van der Waals surface area contributed by atoms with E-state index in [0.29, 0.717) is 19.4 Å². The van der Waals surface area contributed by atoms with Crippen LogP contribution in [0.5, 0.6) is 5.75 Å². The average molecular weight is 303 g/mol. The monoisotopic (exact) mass is 303 g/mol. The van der Waals surface area contributed by atoms with Gasteiger partial charge in [-0.05, 0) is 38.3 Å². The number of hydrogen-bond donors (Lipinski definition) is 2. The highest BCUT2D eigenvalue weighted by Gasteiger charge is 2.19. The lowest BCUT2D eigenvalue weighted by atomic mass is 10.1. The van der Waals surface area contributed by atoms with Crippen LogP contribution in [0.15, 0.2) is 30.4 Å². The molecular weight excluding hydrogens is 278 g/mol. The van der Waals surface area contributed by atoms with E-state index >= 15 is 0 Å². The first-order valence-electron chi connectivity index (χ1n) is 7.87.